The molecule has 2 aromatic carbocycles. The van der Waals surface area contributed by atoms with Gasteiger partial charge < -0.3 is 9.64 Å². The summed E-state index contributed by atoms with van der Waals surface area (Å²) in [4.78, 5) is 16.9. The van der Waals surface area contributed by atoms with Crippen molar-refractivity contribution in [1.29, 1.82) is 0 Å². The average molecular weight is 356 g/mol. The topological polar surface area (TPSA) is 32.8 Å². The van der Waals surface area contributed by atoms with Crippen LogP contribution in [0.2, 0.25) is 0 Å². The summed E-state index contributed by atoms with van der Waals surface area (Å²) in [7, 11) is 0. The molecule has 4 nitrogen and oxygen atoms in total. The number of amides is 1. The van der Waals surface area contributed by atoms with Crippen molar-refractivity contribution in [1.82, 2.24) is 9.80 Å². The highest BCUT2D eigenvalue weighted by atomic mass is 19.1. The number of para-hydroxylation sites is 1. The van der Waals surface area contributed by atoms with Crippen molar-refractivity contribution in [3.8, 4) is 5.75 Å². The second-order valence-corrected chi connectivity index (χ2v) is 6.57. The fraction of sp³-hybridized carbons (Fsp3) is 0.381. The molecule has 5 heteroatoms. The van der Waals surface area contributed by atoms with Crippen LogP contribution in [0.5, 0.6) is 5.75 Å². The quantitative estimate of drug-likeness (QED) is 0.820. The number of hydrogen-bond donors (Lipinski definition) is 0. The average Bonchev–Trinajstić information content (AvgIpc) is 2.84. The molecule has 3 rings (SSSR count). The van der Waals surface area contributed by atoms with Gasteiger partial charge >= 0.3 is 0 Å². The summed E-state index contributed by atoms with van der Waals surface area (Å²) in [5.74, 6) is 0.705. The van der Waals surface area contributed by atoms with Crippen LogP contribution < -0.4 is 4.74 Å². The van der Waals surface area contributed by atoms with Crippen molar-refractivity contribution < 1.29 is 13.9 Å². The number of benzene rings is 2. The third-order valence-corrected chi connectivity index (χ3v) is 4.87. The zero-order valence-electron chi connectivity index (χ0n) is 15.3. The van der Waals surface area contributed by atoms with E-state index in [1.165, 1.54) is 12.1 Å². The van der Waals surface area contributed by atoms with E-state index in [4.69, 9.17) is 4.74 Å². The molecule has 1 heterocycles. The van der Waals surface area contributed by atoms with Crippen molar-refractivity contribution in [2.75, 3.05) is 26.2 Å². The highest BCUT2D eigenvalue weighted by molar-refractivity contribution is 5.78. The Bertz CT molecular complexity index is 748. The van der Waals surface area contributed by atoms with E-state index in [9.17, 15) is 9.18 Å². The maximum atomic E-state index is 13.2. The molecule has 2 aromatic rings. The van der Waals surface area contributed by atoms with Gasteiger partial charge in [-0.2, -0.15) is 0 Å². The van der Waals surface area contributed by atoms with E-state index in [1.54, 1.807) is 12.1 Å². The Morgan fingerprint density at radius 2 is 1.96 bits per heavy atom. The number of fused-ring (bicyclic) bond motifs is 1. The number of nitrogens with zero attached hydrogens (tertiary/aromatic N) is 2. The van der Waals surface area contributed by atoms with Crippen LogP contribution in [0.1, 0.15) is 31.0 Å². The van der Waals surface area contributed by atoms with Crippen molar-refractivity contribution >= 4 is 5.91 Å². The van der Waals surface area contributed by atoms with Crippen LogP contribution >= 0.6 is 0 Å². The predicted molar refractivity (Wildman–Crippen MR) is 99.4 cm³/mol. The van der Waals surface area contributed by atoms with Crippen LogP contribution in [0, 0.1) is 5.82 Å². The van der Waals surface area contributed by atoms with E-state index in [-0.39, 0.29) is 17.8 Å². The lowest BCUT2D eigenvalue weighted by atomic mass is 10.1. The SMILES string of the molecule is CCN(C(=O)CN1CCOc2ccccc2C1)C(C)c1ccc(F)cc1. The van der Waals surface area contributed by atoms with Gasteiger partial charge in [0.05, 0.1) is 12.6 Å². The molecular formula is C21H25FN2O2. The predicted octanol–water partition coefficient (Wildman–Crippen LogP) is 3.63. The van der Waals surface area contributed by atoms with Gasteiger partial charge in [0.2, 0.25) is 5.91 Å². The molecule has 1 aliphatic heterocycles. The Morgan fingerprint density at radius 3 is 2.69 bits per heavy atom. The summed E-state index contributed by atoms with van der Waals surface area (Å²) in [6, 6.07) is 14.2. The Morgan fingerprint density at radius 1 is 1.23 bits per heavy atom. The van der Waals surface area contributed by atoms with Gasteiger partial charge in [-0.1, -0.05) is 30.3 Å². The standard InChI is InChI=1S/C21H25FN2O2/c1-3-24(16(2)17-8-10-19(22)11-9-17)21(25)15-23-12-13-26-20-7-5-4-6-18(20)14-23/h4-11,16H,3,12-15H2,1-2H3. The molecule has 1 aliphatic rings. The van der Waals surface area contributed by atoms with Gasteiger partial charge in [-0.3, -0.25) is 9.69 Å². The molecule has 0 aliphatic carbocycles. The van der Waals surface area contributed by atoms with Crippen LogP contribution in [-0.4, -0.2) is 41.9 Å². The largest absolute Gasteiger partial charge is 0.492 e. The third kappa shape index (κ3) is 4.22. The molecule has 1 unspecified atom stereocenters. The lowest BCUT2D eigenvalue weighted by Gasteiger charge is -2.31. The summed E-state index contributed by atoms with van der Waals surface area (Å²) in [5, 5.41) is 0. The van der Waals surface area contributed by atoms with Crippen LogP contribution in [0.15, 0.2) is 48.5 Å². The first-order valence-electron chi connectivity index (χ1n) is 9.06. The van der Waals surface area contributed by atoms with Crippen LogP contribution in [0.4, 0.5) is 4.39 Å². The molecule has 0 spiro atoms. The number of hydrogen-bond acceptors (Lipinski definition) is 3. The molecule has 26 heavy (non-hydrogen) atoms. The van der Waals surface area contributed by atoms with E-state index < -0.39 is 0 Å². The Kier molecular flexibility index (Phi) is 5.89. The smallest absolute Gasteiger partial charge is 0.237 e. The lowest BCUT2D eigenvalue weighted by Crippen LogP contribution is -2.42. The van der Waals surface area contributed by atoms with Crippen LogP contribution in [0.3, 0.4) is 0 Å². The maximum absolute atomic E-state index is 13.2. The van der Waals surface area contributed by atoms with Gasteiger partial charge in [0, 0.05) is 25.2 Å². The summed E-state index contributed by atoms with van der Waals surface area (Å²) in [6.07, 6.45) is 0. The van der Waals surface area contributed by atoms with Gasteiger partial charge in [-0.25, -0.2) is 4.39 Å². The molecule has 0 radical (unpaired) electrons. The van der Waals surface area contributed by atoms with Crippen molar-refractivity contribution in [3.63, 3.8) is 0 Å². The fourth-order valence-electron chi connectivity index (χ4n) is 3.38. The second kappa shape index (κ2) is 8.32. The fourth-order valence-corrected chi connectivity index (χ4v) is 3.38. The zero-order chi connectivity index (χ0) is 18.5. The lowest BCUT2D eigenvalue weighted by molar-refractivity contribution is -0.134. The number of carbonyl (C=O) groups is 1. The minimum atomic E-state index is -0.265. The Labute approximate surface area is 154 Å². The van der Waals surface area contributed by atoms with Gasteiger partial charge in [-0.05, 0) is 37.6 Å². The summed E-state index contributed by atoms with van der Waals surface area (Å²) in [6.45, 7) is 6.89. The van der Waals surface area contributed by atoms with Gasteiger partial charge in [0.25, 0.3) is 0 Å². The van der Waals surface area contributed by atoms with E-state index in [0.717, 1.165) is 16.9 Å². The zero-order valence-corrected chi connectivity index (χ0v) is 15.3. The molecule has 0 saturated heterocycles. The number of ether oxygens (including phenoxy) is 1. The van der Waals surface area contributed by atoms with Crippen LogP contribution in [-0.2, 0) is 11.3 Å². The Hall–Kier alpha value is -2.40. The number of rotatable bonds is 5. The number of likely N-dealkylation sites (N-methyl/N-ethyl adjacent to an activating group) is 1. The Balaban J connectivity index is 1.68. The minimum Gasteiger partial charge on any atom is -0.492 e. The minimum absolute atomic E-state index is 0.0729. The number of carbonyl (C=O) groups excluding carboxylic acids is 1. The number of halogens is 1. The van der Waals surface area contributed by atoms with Crippen molar-refractivity contribution in [2.24, 2.45) is 0 Å². The summed E-state index contributed by atoms with van der Waals surface area (Å²) < 4.78 is 18.9. The molecule has 0 saturated carbocycles. The van der Waals surface area contributed by atoms with Gasteiger partial charge in [0.15, 0.2) is 0 Å². The first kappa shape index (κ1) is 18.4. The highest BCUT2D eigenvalue weighted by Gasteiger charge is 2.23. The molecule has 138 valence electrons. The maximum Gasteiger partial charge on any atom is 0.237 e. The molecule has 1 amide bonds. The second-order valence-electron chi connectivity index (χ2n) is 6.57. The first-order chi connectivity index (χ1) is 12.6. The summed E-state index contributed by atoms with van der Waals surface area (Å²) in [5.41, 5.74) is 2.04. The molecule has 0 bridgehead atoms. The van der Waals surface area contributed by atoms with E-state index >= 15 is 0 Å². The third-order valence-electron chi connectivity index (χ3n) is 4.87. The van der Waals surface area contributed by atoms with E-state index in [2.05, 4.69) is 4.90 Å². The summed E-state index contributed by atoms with van der Waals surface area (Å²) >= 11 is 0. The van der Waals surface area contributed by atoms with Gasteiger partial charge in [0.1, 0.15) is 18.2 Å². The molecule has 0 aromatic heterocycles. The highest BCUT2D eigenvalue weighted by Crippen LogP contribution is 2.24. The van der Waals surface area contributed by atoms with E-state index in [1.807, 2.05) is 43.0 Å². The van der Waals surface area contributed by atoms with Gasteiger partial charge in [-0.15, -0.1) is 0 Å². The van der Waals surface area contributed by atoms with Crippen molar-refractivity contribution in [2.45, 2.75) is 26.4 Å². The van der Waals surface area contributed by atoms with Crippen molar-refractivity contribution in [3.05, 3.63) is 65.5 Å². The van der Waals surface area contributed by atoms with Crippen LogP contribution in [0.25, 0.3) is 0 Å². The normalized spacial score (nSPS) is 15.5. The van der Waals surface area contributed by atoms with E-state index in [0.29, 0.717) is 32.8 Å². The molecule has 1 atom stereocenters. The molecule has 0 N–H and O–H groups in total. The molecular weight excluding hydrogens is 331 g/mol. The molecule has 0 fully saturated rings. The first-order valence-corrected chi connectivity index (χ1v) is 9.06. The monoisotopic (exact) mass is 356 g/mol.